The minimum atomic E-state index is -0.667. The monoisotopic (exact) mass is 232 g/mol. The van der Waals surface area contributed by atoms with Crippen LogP contribution in [-0.2, 0) is 10.2 Å². The number of aliphatic carboxylic acids is 1. The van der Waals surface area contributed by atoms with E-state index in [0.717, 1.165) is 28.7 Å². The third kappa shape index (κ3) is 1.15. The van der Waals surface area contributed by atoms with E-state index in [4.69, 9.17) is 0 Å². The summed E-state index contributed by atoms with van der Waals surface area (Å²) in [7, 11) is 0. The second kappa shape index (κ2) is 3.08. The van der Waals surface area contributed by atoms with Crippen molar-refractivity contribution in [3.05, 3.63) is 34.7 Å². The molecule has 1 heterocycles. The van der Waals surface area contributed by atoms with Gasteiger partial charge in [-0.2, -0.15) is 0 Å². The number of hydrogen-bond acceptors (Lipinski definition) is 2. The van der Waals surface area contributed by atoms with Gasteiger partial charge in [-0.25, -0.2) is 0 Å². The first-order valence-electron chi connectivity index (χ1n) is 5.37. The SMILES string of the molecule is Cc1sc2ccccc2c1C1(C(=O)O)CC1. The van der Waals surface area contributed by atoms with Crippen LogP contribution in [0.25, 0.3) is 10.1 Å². The summed E-state index contributed by atoms with van der Waals surface area (Å²) in [4.78, 5) is 12.5. The van der Waals surface area contributed by atoms with Crippen LogP contribution in [0.2, 0.25) is 0 Å². The number of benzene rings is 1. The van der Waals surface area contributed by atoms with E-state index in [1.54, 1.807) is 11.3 Å². The predicted molar refractivity (Wildman–Crippen MR) is 65.1 cm³/mol. The molecule has 0 spiro atoms. The third-order valence-corrected chi connectivity index (χ3v) is 4.50. The molecule has 1 aliphatic carbocycles. The van der Waals surface area contributed by atoms with Crippen molar-refractivity contribution in [2.24, 2.45) is 0 Å². The Bertz CT molecular complexity index is 579. The van der Waals surface area contributed by atoms with E-state index in [-0.39, 0.29) is 0 Å². The van der Waals surface area contributed by atoms with Crippen molar-refractivity contribution >= 4 is 27.4 Å². The van der Waals surface area contributed by atoms with Crippen molar-refractivity contribution in [2.45, 2.75) is 25.2 Å². The number of hydrogen-bond donors (Lipinski definition) is 1. The minimum absolute atomic E-state index is 0.580. The summed E-state index contributed by atoms with van der Waals surface area (Å²) in [5.41, 5.74) is 0.476. The molecule has 82 valence electrons. The summed E-state index contributed by atoms with van der Waals surface area (Å²) in [5.74, 6) is -0.667. The highest BCUT2D eigenvalue weighted by Gasteiger charge is 2.53. The first-order chi connectivity index (χ1) is 7.65. The van der Waals surface area contributed by atoms with Gasteiger partial charge in [0.1, 0.15) is 0 Å². The smallest absolute Gasteiger partial charge is 0.314 e. The zero-order valence-electron chi connectivity index (χ0n) is 8.99. The van der Waals surface area contributed by atoms with E-state index in [1.165, 1.54) is 4.70 Å². The van der Waals surface area contributed by atoms with Crippen molar-refractivity contribution in [3.63, 3.8) is 0 Å². The van der Waals surface area contributed by atoms with E-state index >= 15 is 0 Å². The maximum atomic E-state index is 11.4. The average molecular weight is 232 g/mol. The van der Waals surface area contributed by atoms with Gasteiger partial charge in [-0.15, -0.1) is 11.3 Å². The van der Waals surface area contributed by atoms with Gasteiger partial charge >= 0.3 is 5.97 Å². The van der Waals surface area contributed by atoms with Gasteiger partial charge < -0.3 is 5.11 Å². The highest BCUT2D eigenvalue weighted by molar-refractivity contribution is 7.19. The number of carbonyl (C=O) groups is 1. The fourth-order valence-corrected chi connectivity index (χ4v) is 3.62. The predicted octanol–water partition coefficient (Wildman–Crippen LogP) is 3.33. The van der Waals surface area contributed by atoms with Crippen LogP contribution in [0.1, 0.15) is 23.3 Å². The topological polar surface area (TPSA) is 37.3 Å². The molecule has 1 fully saturated rings. The quantitative estimate of drug-likeness (QED) is 0.862. The molecular weight excluding hydrogens is 220 g/mol. The fraction of sp³-hybridized carbons (Fsp3) is 0.308. The lowest BCUT2D eigenvalue weighted by atomic mass is 9.93. The second-order valence-corrected chi connectivity index (χ2v) is 5.67. The van der Waals surface area contributed by atoms with E-state index in [1.807, 2.05) is 25.1 Å². The normalized spacial score (nSPS) is 17.6. The maximum Gasteiger partial charge on any atom is 0.314 e. The third-order valence-electron chi connectivity index (χ3n) is 3.41. The molecule has 1 saturated carbocycles. The molecule has 0 saturated heterocycles. The van der Waals surface area contributed by atoms with Crippen LogP contribution in [0.5, 0.6) is 0 Å². The highest BCUT2D eigenvalue weighted by atomic mass is 32.1. The largest absolute Gasteiger partial charge is 0.481 e. The Morgan fingerprint density at radius 2 is 2.06 bits per heavy atom. The summed E-state index contributed by atoms with van der Waals surface area (Å²) in [6.45, 7) is 2.03. The lowest BCUT2D eigenvalue weighted by Crippen LogP contribution is -2.19. The van der Waals surface area contributed by atoms with Crippen molar-refractivity contribution in [3.8, 4) is 0 Å². The summed E-state index contributed by atoms with van der Waals surface area (Å²) >= 11 is 1.70. The Hall–Kier alpha value is -1.35. The number of thiophene rings is 1. The molecular formula is C13H12O2S. The van der Waals surface area contributed by atoms with E-state index in [2.05, 4.69) is 6.07 Å². The van der Waals surface area contributed by atoms with Crippen LogP contribution >= 0.6 is 11.3 Å². The van der Waals surface area contributed by atoms with Gasteiger partial charge in [0.2, 0.25) is 0 Å². The molecule has 0 atom stereocenters. The minimum Gasteiger partial charge on any atom is -0.481 e. The molecule has 1 aliphatic rings. The number of rotatable bonds is 2. The number of aryl methyl sites for hydroxylation is 1. The Balaban J connectivity index is 2.31. The van der Waals surface area contributed by atoms with Crippen molar-refractivity contribution in [1.29, 1.82) is 0 Å². The van der Waals surface area contributed by atoms with Crippen LogP contribution < -0.4 is 0 Å². The molecule has 2 aromatic rings. The molecule has 0 amide bonds. The molecule has 1 N–H and O–H groups in total. The van der Waals surface area contributed by atoms with Gasteiger partial charge in [0.05, 0.1) is 5.41 Å². The number of carboxylic acid groups (broad SMARTS) is 1. The molecule has 0 aliphatic heterocycles. The van der Waals surface area contributed by atoms with Gasteiger partial charge in [0.15, 0.2) is 0 Å². The number of carboxylic acids is 1. The van der Waals surface area contributed by atoms with Crippen LogP contribution in [0.3, 0.4) is 0 Å². The van der Waals surface area contributed by atoms with Crippen LogP contribution in [0.15, 0.2) is 24.3 Å². The average Bonchev–Trinajstić information content (AvgIpc) is 2.97. The zero-order chi connectivity index (χ0) is 11.3. The molecule has 0 radical (unpaired) electrons. The van der Waals surface area contributed by atoms with Crippen LogP contribution in [0.4, 0.5) is 0 Å². The first kappa shape index (κ1) is 9.85. The van der Waals surface area contributed by atoms with Gasteiger partial charge in [-0.05, 0) is 36.8 Å². The summed E-state index contributed by atoms with van der Waals surface area (Å²) in [6.07, 6.45) is 1.56. The zero-order valence-corrected chi connectivity index (χ0v) is 9.80. The van der Waals surface area contributed by atoms with Crippen molar-refractivity contribution < 1.29 is 9.90 Å². The number of fused-ring (bicyclic) bond motifs is 1. The van der Waals surface area contributed by atoms with E-state index in [9.17, 15) is 9.90 Å². The molecule has 0 unspecified atom stereocenters. The van der Waals surface area contributed by atoms with Gasteiger partial charge in [-0.3, -0.25) is 4.79 Å². The van der Waals surface area contributed by atoms with E-state index in [0.29, 0.717) is 0 Å². The summed E-state index contributed by atoms with van der Waals surface area (Å²) in [5, 5.41) is 10.5. The van der Waals surface area contributed by atoms with Gasteiger partial charge in [0, 0.05) is 9.58 Å². The first-order valence-corrected chi connectivity index (χ1v) is 6.19. The Kier molecular flexibility index (Phi) is 1.89. The van der Waals surface area contributed by atoms with Crippen molar-refractivity contribution in [2.75, 3.05) is 0 Å². The molecule has 2 nitrogen and oxygen atoms in total. The maximum absolute atomic E-state index is 11.4. The van der Waals surface area contributed by atoms with E-state index < -0.39 is 11.4 Å². The molecule has 16 heavy (non-hydrogen) atoms. The standard InChI is InChI=1S/C13H12O2S/c1-8-11(13(6-7-13)12(14)15)9-4-2-3-5-10(9)16-8/h2-5H,6-7H2,1H3,(H,14,15). The summed E-state index contributed by atoms with van der Waals surface area (Å²) < 4.78 is 1.20. The molecule has 3 rings (SSSR count). The highest BCUT2D eigenvalue weighted by Crippen LogP contribution is 2.53. The lowest BCUT2D eigenvalue weighted by molar-refractivity contribution is -0.140. The molecule has 3 heteroatoms. The van der Waals surface area contributed by atoms with Crippen molar-refractivity contribution in [1.82, 2.24) is 0 Å². The molecule has 1 aromatic heterocycles. The Labute approximate surface area is 97.5 Å². The lowest BCUT2D eigenvalue weighted by Gasteiger charge is -2.10. The van der Waals surface area contributed by atoms with Crippen LogP contribution in [-0.4, -0.2) is 11.1 Å². The fourth-order valence-electron chi connectivity index (χ4n) is 2.46. The second-order valence-electron chi connectivity index (χ2n) is 4.42. The molecule has 0 bridgehead atoms. The Morgan fingerprint density at radius 1 is 1.38 bits per heavy atom. The van der Waals surface area contributed by atoms with Gasteiger partial charge in [0.25, 0.3) is 0 Å². The Morgan fingerprint density at radius 3 is 2.69 bits per heavy atom. The molecule has 1 aromatic carbocycles. The summed E-state index contributed by atoms with van der Waals surface area (Å²) in [6, 6.07) is 8.09. The van der Waals surface area contributed by atoms with Crippen LogP contribution in [0, 0.1) is 6.92 Å². The van der Waals surface area contributed by atoms with Gasteiger partial charge in [-0.1, -0.05) is 18.2 Å².